The smallest absolute Gasteiger partial charge is 0.261 e. The van der Waals surface area contributed by atoms with Crippen LogP contribution in [-0.2, 0) is 22.7 Å². The number of halogens is 1. The highest BCUT2D eigenvalue weighted by Gasteiger charge is 2.46. The Morgan fingerprint density at radius 2 is 2.12 bits per heavy atom. The van der Waals surface area contributed by atoms with Gasteiger partial charge in [0.15, 0.2) is 0 Å². The fourth-order valence-corrected chi connectivity index (χ4v) is 3.47. The Kier molecular flexibility index (Phi) is 5.24. The van der Waals surface area contributed by atoms with Crippen molar-refractivity contribution in [2.75, 3.05) is 7.05 Å². The zero-order valence-corrected chi connectivity index (χ0v) is 15.1. The fourth-order valence-electron chi connectivity index (χ4n) is 3.13. The van der Waals surface area contributed by atoms with Gasteiger partial charge in [0, 0.05) is 0 Å². The van der Waals surface area contributed by atoms with Gasteiger partial charge in [0.25, 0.3) is 11.8 Å². The van der Waals surface area contributed by atoms with E-state index in [1.54, 1.807) is 0 Å². The summed E-state index contributed by atoms with van der Waals surface area (Å²) in [7, 11) is 1.83. The van der Waals surface area contributed by atoms with Crippen LogP contribution in [0.3, 0.4) is 0 Å². The number of benzene rings is 1. The van der Waals surface area contributed by atoms with E-state index in [2.05, 4.69) is 15.7 Å². The Balaban J connectivity index is 1.76. The van der Waals surface area contributed by atoms with Crippen molar-refractivity contribution in [1.82, 2.24) is 25.3 Å². The molecule has 8 heteroatoms. The predicted octanol–water partition coefficient (Wildman–Crippen LogP) is 1.41. The van der Waals surface area contributed by atoms with Crippen LogP contribution in [0.4, 0.5) is 0 Å². The third kappa shape index (κ3) is 3.34. The van der Waals surface area contributed by atoms with Crippen LogP contribution in [0.25, 0.3) is 11.0 Å². The number of nitrogens with one attached hydrogen (secondary N) is 2. The number of β-lactam (4-membered cyclic amide) rings is 1. The molecule has 2 amide bonds. The molecule has 1 aromatic carbocycles. The largest absolute Gasteiger partial charge is 0.317 e. The zero-order valence-electron chi connectivity index (χ0n) is 14.3. The van der Waals surface area contributed by atoms with Crippen molar-refractivity contribution in [2.45, 2.75) is 44.3 Å². The number of hydrazine groups is 1. The minimum Gasteiger partial charge on any atom is -0.317 e. The van der Waals surface area contributed by atoms with E-state index >= 15 is 0 Å². The summed E-state index contributed by atoms with van der Waals surface area (Å²) in [4.78, 5) is 29.0. The SMILES string of the molecule is CCC[C@@H]1[C@H](Cl)C(=O)N1NC(=O)Cn1c(CNC)nc2ccccc21. The number of nitrogens with zero attached hydrogens (tertiary/aromatic N) is 3. The summed E-state index contributed by atoms with van der Waals surface area (Å²) in [5.41, 5.74) is 4.42. The van der Waals surface area contributed by atoms with Crippen LogP contribution >= 0.6 is 11.6 Å². The van der Waals surface area contributed by atoms with Crippen LogP contribution < -0.4 is 10.7 Å². The normalized spacial score (nSPS) is 20.0. The van der Waals surface area contributed by atoms with Gasteiger partial charge in [-0.3, -0.25) is 15.0 Å². The van der Waals surface area contributed by atoms with E-state index in [1.807, 2.05) is 42.8 Å². The van der Waals surface area contributed by atoms with Crippen molar-refractivity contribution in [2.24, 2.45) is 0 Å². The molecule has 2 heterocycles. The molecular formula is C17H22ClN5O2. The Morgan fingerprint density at radius 3 is 2.84 bits per heavy atom. The Morgan fingerprint density at radius 1 is 1.36 bits per heavy atom. The average molecular weight is 364 g/mol. The molecule has 0 radical (unpaired) electrons. The van der Waals surface area contributed by atoms with Crippen molar-refractivity contribution in [3.63, 3.8) is 0 Å². The molecule has 0 aliphatic carbocycles. The Labute approximate surface area is 151 Å². The molecule has 1 fully saturated rings. The third-order valence-corrected chi connectivity index (χ3v) is 4.82. The number of imidazole rings is 1. The molecule has 1 saturated heterocycles. The number of fused-ring (bicyclic) bond motifs is 1. The van der Waals surface area contributed by atoms with E-state index in [4.69, 9.17) is 11.6 Å². The zero-order chi connectivity index (χ0) is 18.0. The maximum atomic E-state index is 12.5. The van der Waals surface area contributed by atoms with Crippen LogP contribution in [0.1, 0.15) is 25.6 Å². The number of carbonyl (C=O) groups excluding carboxylic acids is 2. The summed E-state index contributed by atoms with van der Waals surface area (Å²) >= 11 is 6.04. The van der Waals surface area contributed by atoms with Crippen LogP contribution in [0.2, 0.25) is 0 Å². The summed E-state index contributed by atoms with van der Waals surface area (Å²) in [5, 5.41) is 3.88. The molecule has 1 aliphatic heterocycles. The van der Waals surface area contributed by atoms with Crippen LogP contribution in [0, 0.1) is 0 Å². The van der Waals surface area contributed by atoms with Gasteiger partial charge in [-0.1, -0.05) is 25.5 Å². The maximum Gasteiger partial charge on any atom is 0.261 e. The molecule has 2 atom stereocenters. The monoisotopic (exact) mass is 363 g/mol. The van der Waals surface area contributed by atoms with Gasteiger partial charge in [-0.15, -0.1) is 11.6 Å². The number of rotatable bonds is 7. The van der Waals surface area contributed by atoms with Crippen LogP contribution in [0.5, 0.6) is 0 Å². The Bertz CT molecular complexity index is 790. The number of aromatic nitrogens is 2. The average Bonchev–Trinajstić information content (AvgIpc) is 2.95. The van der Waals surface area contributed by atoms with E-state index in [0.717, 1.165) is 29.7 Å². The molecule has 134 valence electrons. The highest BCUT2D eigenvalue weighted by atomic mass is 35.5. The van der Waals surface area contributed by atoms with E-state index in [0.29, 0.717) is 6.54 Å². The van der Waals surface area contributed by atoms with Crippen molar-refractivity contribution < 1.29 is 9.59 Å². The fraction of sp³-hybridized carbons (Fsp3) is 0.471. The number of alkyl halides is 1. The van der Waals surface area contributed by atoms with Gasteiger partial charge in [-0.2, -0.15) is 0 Å². The lowest BCUT2D eigenvalue weighted by molar-refractivity contribution is -0.156. The van der Waals surface area contributed by atoms with Gasteiger partial charge in [-0.25, -0.2) is 9.99 Å². The van der Waals surface area contributed by atoms with Crippen LogP contribution in [-0.4, -0.2) is 44.8 Å². The molecule has 7 nitrogen and oxygen atoms in total. The topological polar surface area (TPSA) is 79.3 Å². The second-order valence-electron chi connectivity index (χ2n) is 6.13. The number of amides is 2. The number of hydrogen-bond donors (Lipinski definition) is 2. The maximum absolute atomic E-state index is 12.5. The van der Waals surface area contributed by atoms with Crippen molar-refractivity contribution in [3.05, 3.63) is 30.1 Å². The Hall–Kier alpha value is -2.12. The van der Waals surface area contributed by atoms with Crippen molar-refractivity contribution in [3.8, 4) is 0 Å². The summed E-state index contributed by atoms with van der Waals surface area (Å²) in [6, 6.07) is 7.53. The molecule has 2 N–H and O–H groups in total. The van der Waals surface area contributed by atoms with Crippen LogP contribution in [0.15, 0.2) is 24.3 Å². The molecule has 0 unspecified atom stereocenters. The first-order valence-electron chi connectivity index (χ1n) is 8.42. The van der Waals surface area contributed by atoms with E-state index in [-0.39, 0.29) is 24.4 Å². The van der Waals surface area contributed by atoms with Gasteiger partial charge >= 0.3 is 0 Å². The molecule has 0 spiro atoms. The van der Waals surface area contributed by atoms with Gasteiger partial charge in [0.2, 0.25) is 0 Å². The molecule has 1 aromatic heterocycles. The highest BCUT2D eigenvalue weighted by molar-refractivity contribution is 6.33. The third-order valence-electron chi connectivity index (χ3n) is 4.34. The van der Waals surface area contributed by atoms with Gasteiger partial charge in [-0.05, 0) is 25.6 Å². The highest BCUT2D eigenvalue weighted by Crippen LogP contribution is 2.26. The molecule has 2 aromatic rings. The van der Waals surface area contributed by atoms with Crippen molar-refractivity contribution in [1.29, 1.82) is 0 Å². The molecule has 25 heavy (non-hydrogen) atoms. The van der Waals surface area contributed by atoms with E-state index in [1.165, 1.54) is 5.01 Å². The standard InChI is InChI=1S/C17H22ClN5O2/c1-3-6-13-16(18)17(25)23(13)21-15(24)10-22-12-8-5-4-7-11(12)20-14(22)9-19-2/h4-5,7-8,13,16,19H,3,6,9-10H2,1-2H3,(H,21,24)/t13-,16+/m1/s1. The quantitative estimate of drug-likeness (QED) is 0.575. The van der Waals surface area contributed by atoms with Gasteiger partial charge in [0.05, 0.1) is 23.6 Å². The first-order valence-corrected chi connectivity index (χ1v) is 8.85. The van der Waals surface area contributed by atoms with E-state index < -0.39 is 5.38 Å². The summed E-state index contributed by atoms with van der Waals surface area (Å²) < 4.78 is 1.86. The minimum atomic E-state index is -0.547. The second kappa shape index (κ2) is 7.41. The molecule has 0 bridgehead atoms. The summed E-state index contributed by atoms with van der Waals surface area (Å²) in [6.07, 6.45) is 1.66. The first kappa shape index (κ1) is 17.7. The van der Waals surface area contributed by atoms with Crippen molar-refractivity contribution >= 4 is 34.4 Å². The first-order chi connectivity index (χ1) is 12.1. The predicted molar refractivity (Wildman–Crippen MR) is 95.8 cm³/mol. The molecular weight excluding hydrogens is 342 g/mol. The molecule has 0 saturated carbocycles. The second-order valence-corrected chi connectivity index (χ2v) is 6.60. The molecule has 3 rings (SSSR count). The lowest BCUT2D eigenvalue weighted by Gasteiger charge is -2.43. The van der Waals surface area contributed by atoms with Gasteiger partial charge < -0.3 is 9.88 Å². The van der Waals surface area contributed by atoms with E-state index in [9.17, 15) is 9.59 Å². The lowest BCUT2D eigenvalue weighted by Crippen LogP contribution is -2.68. The van der Waals surface area contributed by atoms with Gasteiger partial charge in [0.1, 0.15) is 17.7 Å². The lowest BCUT2D eigenvalue weighted by atomic mass is 9.99. The number of para-hydroxylation sites is 2. The summed E-state index contributed by atoms with van der Waals surface area (Å²) in [6.45, 7) is 2.66. The number of carbonyl (C=O) groups is 2. The molecule has 1 aliphatic rings. The minimum absolute atomic E-state index is 0.0904. The number of hydrogen-bond acceptors (Lipinski definition) is 4. The summed E-state index contributed by atoms with van der Waals surface area (Å²) in [5.74, 6) is 0.257.